The zero-order valence-electron chi connectivity index (χ0n) is 13.4. The molecule has 2 heteroatoms. The molecule has 2 aliphatic carbocycles. The van der Waals surface area contributed by atoms with Crippen LogP contribution in [0, 0.1) is 0 Å². The van der Waals surface area contributed by atoms with Crippen molar-refractivity contribution < 1.29 is 4.74 Å². The Kier molecular flexibility index (Phi) is 5.18. The number of ether oxygens (including phenoxy) is 1. The van der Waals surface area contributed by atoms with Crippen LogP contribution < -0.4 is 10.1 Å². The van der Waals surface area contributed by atoms with Gasteiger partial charge in [-0.1, -0.05) is 31.9 Å². The van der Waals surface area contributed by atoms with E-state index in [0.29, 0.717) is 12.1 Å². The number of nitrogens with one attached hydrogen (secondary N) is 1. The Bertz CT molecular complexity index is 449. The lowest BCUT2D eigenvalue weighted by Crippen LogP contribution is -2.26. The summed E-state index contributed by atoms with van der Waals surface area (Å²) in [5, 5.41) is 3.63. The first kappa shape index (κ1) is 14.9. The number of rotatable bonds is 4. The zero-order valence-corrected chi connectivity index (χ0v) is 13.4. The molecule has 116 valence electrons. The third-order valence-electron chi connectivity index (χ3n) is 5.01. The molecule has 3 rings (SSSR count). The Morgan fingerprint density at radius 1 is 1.05 bits per heavy atom. The molecule has 1 aromatic carbocycles. The maximum absolute atomic E-state index is 6.43. The maximum atomic E-state index is 6.43. The van der Waals surface area contributed by atoms with E-state index in [0.717, 1.165) is 6.54 Å². The smallest absolute Gasteiger partial charge is 0.123 e. The van der Waals surface area contributed by atoms with E-state index in [9.17, 15) is 0 Å². The Labute approximate surface area is 129 Å². The SMILES string of the molecule is CCNC1CCCc2c(OC3CCCCCC3)cccc21. The molecule has 1 atom stereocenters. The highest BCUT2D eigenvalue weighted by Crippen LogP contribution is 2.36. The minimum Gasteiger partial charge on any atom is -0.490 e. The van der Waals surface area contributed by atoms with Gasteiger partial charge in [-0.05, 0) is 68.7 Å². The van der Waals surface area contributed by atoms with Gasteiger partial charge in [0.05, 0.1) is 6.10 Å². The predicted octanol–water partition coefficient (Wildman–Crippen LogP) is 4.78. The van der Waals surface area contributed by atoms with Crippen molar-refractivity contribution in [2.75, 3.05) is 6.54 Å². The van der Waals surface area contributed by atoms with Crippen molar-refractivity contribution in [1.82, 2.24) is 5.32 Å². The molecule has 1 fully saturated rings. The Morgan fingerprint density at radius 3 is 2.62 bits per heavy atom. The van der Waals surface area contributed by atoms with E-state index < -0.39 is 0 Å². The number of hydrogen-bond donors (Lipinski definition) is 1. The van der Waals surface area contributed by atoms with E-state index in [1.54, 1.807) is 0 Å². The fourth-order valence-corrected chi connectivity index (χ4v) is 3.92. The summed E-state index contributed by atoms with van der Waals surface area (Å²) in [7, 11) is 0. The molecule has 0 aliphatic heterocycles. The van der Waals surface area contributed by atoms with Gasteiger partial charge in [0.15, 0.2) is 0 Å². The second-order valence-electron chi connectivity index (χ2n) is 6.56. The van der Waals surface area contributed by atoms with E-state index in [1.807, 2.05) is 0 Å². The summed E-state index contributed by atoms with van der Waals surface area (Å²) in [6.45, 7) is 3.23. The summed E-state index contributed by atoms with van der Waals surface area (Å²) in [5.74, 6) is 1.17. The van der Waals surface area contributed by atoms with Gasteiger partial charge >= 0.3 is 0 Å². The molecule has 0 radical (unpaired) electrons. The van der Waals surface area contributed by atoms with Crippen LogP contribution in [0.2, 0.25) is 0 Å². The van der Waals surface area contributed by atoms with Crippen molar-refractivity contribution in [1.29, 1.82) is 0 Å². The third-order valence-corrected chi connectivity index (χ3v) is 5.01. The fourth-order valence-electron chi connectivity index (χ4n) is 3.92. The molecule has 0 heterocycles. The van der Waals surface area contributed by atoms with Gasteiger partial charge in [0.25, 0.3) is 0 Å². The van der Waals surface area contributed by atoms with Crippen molar-refractivity contribution in [2.24, 2.45) is 0 Å². The fraction of sp³-hybridized carbons (Fsp3) is 0.684. The average molecular weight is 287 g/mol. The minimum atomic E-state index is 0.443. The average Bonchev–Trinajstić information content (AvgIpc) is 2.77. The van der Waals surface area contributed by atoms with Crippen LogP contribution in [0.4, 0.5) is 0 Å². The monoisotopic (exact) mass is 287 g/mol. The van der Waals surface area contributed by atoms with Gasteiger partial charge in [0.2, 0.25) is 0 Å². The lowest BCUT2D eigenvalue weighted by Gasteiger charge is -2.29. The van der Waals surface area contributed by atoms with E-state index in [4.69, 9.17) is 4.74 Å². The van der Waals surface area contributed by atoms with E-state index in [2.05, 4.69) is 30.4 Å². The normalized spacial score (nSPS) is 23.4. The molecular weight excluding hydrogens is 258 g/mol. The van der Waals surface area contributed by atoms with Gasteiger partial charge in [0.1, 0.15) is 5.75 Å². The van der Waals surface area contributed by atoms with Crippen molar-refractivity contribution in [3.63, 3.8) is 0 Å². The highest BCUT2D eigenvalue weighted by Gasteiger charge is 2.23. The molecule has 1 unspecified atom stereocenters. The number of hydrogen-bond acceptors (Lipinski definition) is 2. The van der Waals surface area contributed by atoms with Crippen LogP contribution >= 0.6 is 0 Å². The van der Waals surface area contributed by atoms with Gasteiger partial charge in [-0.15, -0.1) is 0 Å². The van der Waals surface area contributed by atoms with Gasteiger partial charge in [-0.3, -0.25) is 0 Å². The van der Waals surface area contributed by atoms with E-state index in [-0.39, 0.29) is 0 Å². The molecule has 2 aliphatic rings. The van der Waals surface area contributed by atoms with E-state index in [1.165, 1.54) is 74.7 Å². The van der Waals surface area contributed by atoms with Gasteiger partial charge < -0.3 is 10.1 Å². The number of benzene rings is 1. The van der Waals surface area contributed by atoms with Crippen LogP contribution in [0.3, 0.4) is 0 Å². The summed E-state index contributed by atoms with van der Waals surface area (Å²) >= 11 is 0. The van der Waals surface area contributed by atoms with Crippen LogP contribution in [0.1, 0.15) is 75.5 Å². The summed E-state index contributed by atoms with van der Waals surface area (Å²) in [5.41, 5.74) is 2.95. The van der Waals surface area contributed by atoms with Gasteiger partial charge in [0, 0.05) is 6.04 Å². The lowest BCUT2D eigenvalue weighted by atomic mass is 9.87. The topological polar surface area (TPSA) is 21.3 Å². The van der Waals surface area contributed by atoms with E-state index >= 15 is 0 Å². The van der Waals surface area contributed by atoms with Crippen LogP contribution in [0.15, 0.2) is 18.2 Å². The molecule has 0 saturated heterocycles. The predicted molar refractivity (Wildman–Crippen MR) is 87.9 cm³/mol. The first-order chi connectivity index (χ1) is 10.4. The quantitative estimate of drug-likeness (QED) is 0.805. The molecular formula is C19H29NO. The second kappa shape index (κ2) is 7.31. The molecule has 21 heavy (non-hydrogen) atoms. The van der Waals surface area contributed by atoms with Crippen molar-refractivity contribution in [3.8, 4) is 5.75 Å². The largest absolute Gasteiger partial charge is 0.490 e. The highest BCUT2D eigenvalue weighted by atomic mass is 16.5. The highest BCUT2D eigenvalue weighted by molar-refractivity contribution is 5.43. The molecule has 1 aromatic rings. The second-order valence-corrected chi connectivity index (χ2v) is 6.56. The van der Waals surface area contributed by atoms with Crippen molar-refractivity contribution in [2.45, 2.75) is 76.9 Å². The first-order valence-corrected chi connectivity index (χ1v) is 8.90. The Hall–Kier alpha value is -1.02. The van der Waals surface area contributed by atoms with Gasteiger partial charge in [-0.2, -0.15) is 0 Å². The minimum absolute atomic E-state index is 0.443. The van der Waals surface area contributed by atoms with Crippen LogP contribution in [-0.2, 0) is 6.42 Å². The summed E-state index contributed by atoms with van der Waals surface area (Å²) in [6, 6.07) is 7.19. The maximum Gasteiger partial charge on any atom is 0.123 e. The zero-order chi connectivity index (χ0) is 14.5. The first-order valence-electron chi connectivity index (χ1n) is 8.90. The Morgan fingerprint density at radius 2 is 1.86 bits per heavy atom. The molecule has 2 nitrogen and oxygen atoms in total. The molecule has 0 amide bonds. The van der Waals surface area contributed by atoms with Gasteiger partial charge in [-0.25, -0.2) is 0 Å². The number of fused-ring (bicyclic) bond motifs is 1. The standard InChI is InChI=1S/C19H29NO/c1-2-20-18-13-7-12-17-16(18)11-8-14-19(17)21-15-9-5-3-4-6-10-15/h8,11,14-15,18,20H,2-7,9-10,12-13H2,1H3. The van der Waals surface area contributed by atoms with Crippen LogP contribution in [-0.4, -0.2) is 12.6 Å². The lowest BCUT2D eigenvalue weighted by molar-refractivity contribution is 0.181. The Balaban J connectivity index is 1.77. The van der Waals surface area contributed by atoms with Crippen molar-refractivity contribution in [3.05, 3.63) is 29.3 Å². The van der Waals surface area contributed by atoms with Crippen LogP contribution in [0.5, 0.6) is 5.75 Å². The third kappa shape index (κ3) is 3.60. The van der Waals surface area contributed by atoms with Crippen molar-refractivity contribution >= 4 is 0 Å². The molecule has 0 aromatic heterocycles. The summed E-state index contributed by atoms with van der Waals surface area (Å²) in [4.78, 5) is 0. The summed E-state index contributed by atoms with van der Waals surface area (Å²) < 4.78 is 6.43. The molecule has 0 spiro atoms. The molecule has 1 saturated carbocycles. The van der Waals surface area contributed by atoms with Crippen LogP contribution in [0.25, 0.3) is 0 Å². The molecule has 0 bridgehead atoms. The summed E-state index contributed by atoms with van der Waals surface area (Å²) in [6.07, 6.45) is 12.1. The molecule has 1 N–H and O–H groups in total.